The fraction of sp³-hybridized carbons (Fsp3) is 0.647. The lowest BCUT2D eigenvalue weighted by Gasteiger charge is -2.20. The number of ether oxygens (including phenoxy) is 5. The van der Waals surface area contributed by atoms with Crippen LogP contribution in [0, 0.1) is 39.4 Å². The van der Waals surface area contributed by atoms with Gasteiger partial charge in [0.2, 0.25) is 0 Å². The van der Waals surface area contributed by atoms with Gasteiger partial charge in [0.05, 0.1) is 30.5 Å². The molecule has 0 amide bonds. The van der Waals surface area contributed by atoms with Gasteiger partial charge in [-0.15, -0.1) is 65.9 Å². The van der Waals surface area contributed by atoms with Crippen molar-refractivity contribution in [2.45, 2.75) is 250 Å². The maximum atomic E-state index is 12.4. The molecule has 750 valence electrons. The summed E-state index contributed by atoms with van der Waals surface area (Å²) in [6.45, 7) is 29.4. The van der Waals surface area contributed by atoms with Crippen LogP contribution in [0.4, 0.5) is 0 Å². The van der Waals surface area contributed by atoms with E-state index in [0.717, 1.165) is 67.3 Å². The van der Waals surface area contributed by atoms with Crippen LogP contribution >= 0.6 is 93.7 Å². The molecule has 0 aromatic carbocycles. The predicted molar refractivity (Wildman–Crippen MR) is 553 cm³/mol. The first-order valence-corrected chi connectivity index (χ1v) is 64.5. The molecule has 135 heavy (non-hydrogen) atoms. The van der Waals surface area contributed by atoms with Crippen LogP contribution in [0.5, 0.6) is 0 Å². The third-order valence-electron chi connectivity index (χ3n) is 22.9. The van der Waals surface area contributed by atoms with Gasteiger partial charge in [-0.1, -0.05) is 74.2 Å². The Morgan fingerprint density at radius 2 is 0.578 bits per heavy atom. The maximum absolute atomic E-state index is 12.4. The molecule has 10 aromatic rings. The van der Waals surface area contributed by atoms with Crippen molar-refractivity contribution in [2.75, 3.05) is 121 Å². The molecule has 40 nitrogen and oxygen atoms in total. The molecule has 0 aliphatic carbocycles. The molecule has 16 N–H and O–H groups in total. The highest BCUT2D eigenvalue weighted by Gasteiger charge is 2.51. The SMILES string of the molecule is C=P(C)(C)CC[C@H]1O[C@@H](n2c(=S)[nH]c3c(=O)[nH]c(C)nc32)[C@H](O)[C@@H]1O.C=P(C)(C)CC[C@H]1O[C@@H](n2c(SC)nc3c(=O)[nH]c(C)nc32)[C@H](O)[C@@H]1O.C=P(C)(C)CC[C@H]1O[C@@H](n2c(SCC)nc3c(=O)[nH]c(C)nc32)[C@H](O)[C@@H]1O.C=P(C)(C)CC[C@H]1O[C@@H](n2c(SCCC)nc3c(=O)[nH]c(C)nc32)[C@H](O)[C@@H]1O.C=P(C)(C)CC[C@H]1O[C@@H](n2c(SCCCC)nc3c(=O)[nH]c(C)nc32)[C@H](O)[C@@H]1O. The smallest absolute Gasteiger partial charge is 0.279 e. The number of fused-ring (bicyclic) bond motifs is 5. The molecule has 5 saturated heterocycles. The fourth-order valence-electron chi connectivity index (χ4n) is 15.9. The van der Waals surface area contributed by atoms with Crippen LogP contribution in [0.2, 0.25) is 0 Å². The molecule has 5 aliphatic rings. The number of nitrogens with one attached hydrogen (secondary N) is 6. The average Bonchev–Trinajstić information content (AvgIpc) is 1.61. The van der Waals surface area contributed by atoms with Gasteiger partial charge in [-0.3, -0.25) is 46.8 Å². The molecule has 20 atom stereocenters. The van der Waals surface area contributed by atoms with Gasteiger partial charge >= 0.3 is 0 Å². The molecule has 0 bridgehead atoms. The van der Waals surface area contributed by atoms with E-state index in [-0.39, 0.29) is 60.2 Å². The number of hydrogen-bond donors (Lipinski definition) is 16. The van der Waals surface area contributed by atoms with Crippen molar-refractivity contribution < 1.29 is 74.7 Å². The number of nitrogens with zero attached hydrogens (tertiary/aromatic N) is 14. The van der Waals surface area contributed by atoms with E-state index in [0.29, 0.717) is 110 Å². The quantitative estimate of drug-likeness (QED) is 0.00972. The first-order chi connectivity index (χ1) is 63.1. The molecule has 0 spiro atoms. The van der Waals surface area contributed by atoms with Crippen molar-refractivity contribution in [2.24, 2.45) is 0 Å². The normalized spacial score (nSPS) is 26.1. The zero-order valence-corrected chi connectivity index (χ0v) is 88.5. The lowest BCUT2D eigenvalue weighted by Crippen LogP contribution is -2.32. The van der Waals surface area contributed by atoms with Crippen molar-refractivity contribution in [3.63, 3.8) is 0 Å². The standard InChI is InChI=1S/C19H31N4O4PS.C18H29N4O4PS.C17H27N4O4PS.C16H25N4O4PS.C15H23N4O4PS/c1-6-7-10-29-19-22-13-16(20-11(2)21-17(13)26)23(19)18-15(25)14(24)12(27-18)8-9-28(3,4)5;1-6-9-28-18-21-12-15(19-10(2)20-16(12)25)22(18)17-14(24)13(23)11(26-17)7-8-27(3,4)5;1-6-27-17-20-11-14(18-9(2)19-15(11)24)21(17)16-13(23)12(22)10(25-16)7-8-26(3,4)5;1-8-17-13-10(14(23)18-8)19-16(26-5)20(13)15-12(22)11(21)9(24-15)6-7-25(2,3)4;1-7-16-12-9(13(22)17-7)18-15(25)19(12)14-11(21)10(20)8(23-14)5-6-24(2,3)4/h12,14-15,18,24-25H,3,6-10H2,1-2,4-5H3,(H,20,21,26);11,13-14,17,23-24H,3,6-9H2,1-2,4-5H3,(H,19,20,25);10,12-13,16,22-23H,3,6-8H2,1-2,4-5H3,(H,18,19,24);9,11-12,15,21-22H,2,6-7H2,1,3-5H3,(H,17,18,23);8,10-11,14,20-21H,2,5-6H2,1,3-4H3,(H,18,25)(H,16,17,22)/t12-,14-,15-,18-;11-,13-,14-,17-;10-,12-,13-,16-;9-,11-,12-,15-;8-,10-,11-,14-/m11111/s1. The number of aliphatic hydroxyl groups excluding tert-OH is 10. The van der Waals surface area contributed by atoms with Crippen LogP contribution in [-0.4, -0.2) is 393 Å². The fourth-order valence-corrected chi connectivity index (χ4v) is 24.3. The van der Waals surface area contributed by atoms with Crippen LogP contribution in [0.3, 0.4) is 0 Å². The van der Waals surface area contributed by atoms with E-state index in [2.05, 4.69) is 187 Å². The molecular weight excluding hydrogens is 1940 g/mol. The molecule has 50 heteroatoms. The monoisotopic (exact) mass is 2070 g/mol. The van der Waals surface area contributed by atoms with E-state index in [9.17, 15) is 75.0 Å². The van der Waals surface area contributed by atoms with Crippen LogP contribution < -0.4 is 27.8 Å². The molecule has 5 aliphatic heterocycles. The Morgan fingerprint density at radius 1 is 0.333 bits per heavy atom. The summed E-state index contributed by atoms with van der Waals surface area (Å²) in [6.07, 6.45) is 15.5. The topological polar surface area (TPSA) is 569 Å². The van der Waals surface area contributed by atoms with E-state index >= 15 is 0 Å². The number of hydrogen-bond acceptors (Lipinski definition) is 34. The Balaban J connectivity index is 0.000000162. The summed E-state index contributed by atoms with van der Waals surface area (Å²) in [5, 5.41) is 108. The van der Waals surface area contributed by atoms with E-state index in [1.165, 1.54) is 51.6 Å². The second-order valence-corrected chi connectivity index (χ2v) is 64.3. The summed E-state index contributed by atoms with van der Waals surface area (Å²) in [7, 11) is 0. The number of unbranched alkanes of at least 4 members (excludes halogenated alkanes) is 1. The molecule has 0 saturated carbocycles. The summed E-state index contributed by atoms with van der Waals surface area (Å²) in [5.74, 6) is 4.60. The van der Waals surface area contributed by atoms with Crippen LogP contribution in [0.25, 0.3) is 55.8 Å². The first-order valence-electron chi connectivity index (χ1n) is 44.6. The lowest BCUT2D eigenvalue weighted by atomic mass is 10.1. The molecule has 0 unspecified atom stereocenters. The largest absolute Gasteiger partial charge is 0.388 e. The number of aromatic amines is 6. The molecule has 10 aromatic heterocycles. The minimum absolute atomic E-state index is 0.193. The second kappa shape index (κ2) is 45.3. The third-order valence-corrected chi connectivity index (χ3v) is 34.2. The zero-order valence-electron chi connectivity index (χ0n) is 80.0. The van der Waals surface area contributed by atoms with Gasteiger partial charge in [0.25, 0.3) is 27.8 Å². The lowest BCUT2D eigenvalue weighted by molar-refractivity contribution is -0.0400. The van der Waals surface area contributed by atoms with E-state index in [1.807, 2.05) is 13.2 Å². The number of aromatic nitrogens is 20. The molecule has 15 heterocycles. The summed E-state index contributed by atoms with van der Waals surface area (Å²) in [4.78, 5) is 117. The van der Waals surface area contributed by atoms with Crippen LogP contribution in [0.1, 0.15) is 132 Å². The summed E-state index contributed by atoms with van der Waals surface area (Å²) >= 11 is 11.0. The minimum Gasteiger partial charge on any atom is -0.388 e. The zero-order chi connectivity index (χ0) is 99.7. The van der Waals surface area contributed by atoms with Crippen molar-refractivity contribution in [1.29, 1.82) is 0 Å². The van der Waals surface area contributed by atoms with Gasteiger partial charge in [-0.25, -0.2) is 44.9 Å². The number of thioether (sulfide) groups is 4. The Bertz CT molecular complexity index is 6520. The van der Waals surface area contributed by atoms with Crippen LogP contribution in [-0.2, 0) is 23.7 Å². The number of rotatable bonds is 30. The van der Waals surface area contributed by atoms with E-state index in [4.69, 9.17) is 35.9 Å². The van der Waals surface area contributed by atoms with E-state index in [1.54, 1.807) is 52.9 Å². The summed E-state index contributed by atoms with van der Waals surface area (Å²) in [6, 6.07) is 0. The van der Waals surface area contributed by atoms with E-state index < -0.39 is 157 Å². The van der Waals surface area contributed by atoms with Gasteiger partial charge in [0, 0.05) is 11.5 Å². The van der Waals surface area contributed by atoms with Crippen molar-refractivity contribution in [3.8, 4) is 0 Å². The minimum atomic E-state index is -1.28. The Kier molecular flexibility index (Phi) is 36.8. The highest BCUT2D eigenvalue weighted by molar-refractivity contribution is 7.99. The number of imidazole rings is 5. The first kappa shape index (κ1) is 110. The Labute approximate surface area is 804 Å². The Hall–Kier alpha value is -5.73. The maximum Gasteiger partial charge on any atom is 0.279 e. The molecule has 15 rings (SSSR count). The van der Waals surface area contributed by atoms with Gasteiger partial charge in [-0.2, -0.15) is 0 Å². The molecule has 5 fully saturated rings. The number of aliphatic hydroxyl groups is 10. The average molecular weight is 2070 g/mol. The van der Waals surface area contributed by atoms with Crippen molar-refractivity contribution in [3.05, 3.63) is 85.7 Å². The van der Waals surface area contributed by atoms with Crippen molar-refractivity contribution >= 4 is 181 Å². The number of H-pyrrole nitrogens is 6. The van der Waals surface area contributed by atoms with Gasteiger partial charge in [-0.05, 0) is 201 Å². The van der Waals surface area contributed by atoms with Gasteiger partial charge in [0.1, 0.15) is 90.2 Å². The van der Waals surface area contributed by atoms with Gasteiger partial charge < -0.3 is 105 Å². The predicted octanol–water partition coefficient (Wildman–Crippen LogP) is 6.62. The second-order valence-electron chi connectivity index (χ2n) is 38.2. The number of aryl methyl sites for hydroxylation is 5. The third kappa shape index (κ3) is 26.4. The summed E-state index contributed by atoms with van der Waals surface area (Å²) in [5.41, 5.74) is 1.11. The van der Waals surface area contributed by atoms with Crippen molar-refractivity contribution in [1.82, 2.24) is 97.6 Å². The molecular formula is C85H135N20O20P5S5. The highest BCUT2D eigenvalue weighted by atomic mass is 32.2. The van der Waals surface area contributed by atoms with Crippen LogP contribution in [0.15, 0.2) is 44.6 Å². The highest BCUT2D eigenvalue weighted by Crippen LogP contribution is 2.48. The molecule has 0 radical (unpaired) electrons. The summed E-state index contributed by atoms with van der Waals surface area (Å²) < 4.78 is 38.4. The Morgan fingerprint density at radius 3 is 0.837 bits per heavy atom. The van der Waals surface area contributed by atoms with Gasteiger partial charge in [0.15, 0.2) is 112 Å².